The summed E-state index contributed by atoms with van der Waals surface area (Å²) in [5.41, 5.74) is 0. The first kappa shape index (κ1) is 11.9. The standard InChI is InChI=1S/C8H18O2Si2/c1-8(9)10-6-5-7-11-12(2,3)4/h5-7H2,1-4H3. The maximum absolute atomic E-state index is 10.4. The molecule has 0 rings (SSSR count). The topological polar surface area (TPSA) is 26.3 Å². The average molecular weight is 202 g/mol. The van der Waals surface area contributed by atoms with E-state index in [9.17, 15) is 4.79 Å². The third kappa shape index (κ3) is 9.90. The summed E-state index contributed by atoms with van der Waals surface area (Å²) in [6, 6.07) is 1.23. The molecule has 0 N–H and O–H groups in total. The highest BCUT2D eigenvalue weighted by Crippen LogP contribution is 2.02. The number of carbonyl (C=O) groups excluding carboxylic acids is 1. The minimum absolute atomic E-state index is 0.161. The van der Waals surface area contributed by atoms with Gasteiger partial charge in [0, 0.05) is 23.6 Å². The lowest BCUT2D eigenvalue weighted by molar-refractivity contribution is -0.140. The third-order valence-electron chi connectivity index (χ3n) is 1.28. The highest BCUT2D eigenvalue weighted by atomic mass is 29.2. The van der Waals surface area contributed by atoms with Gasteiger partial charge >= 0.3 is 5.97 Å². The molecule has 4 heteroatoms. The Hall–Kier alpha value is -0.0962. The van der Waals surface area contributed by atoms with Crippen LogP contribution in [0.2, 0.25) is 25.7 Å². The van der Waals surface area contributed by atoms with E-state index in [2.05, 4.69) is 19.6 Å². The number of esters is 1. The molecule has 0 aliphatic rings. The summed E-state index contributed by atoms with van der Waals surface area (Å²) in [6.45, 7) is 9.18. The van der Waals surface area contributed by atoms with Gasteiger partial charge in [-0.25, -0.2) is 0 Å². The second-order valence-electron chi connectivity index (χ2n) is 3.87. The van der Waals surface area contributed by atoms with Gasteiger partial charge in [0.05, 0.1) is 6.61 Å². The lowest BCUT2D eigenvalue weighted by Gasteiger charge is -2.13. The van der Waals surface area contributed by atoms with Gasteiger partial charge in [-0.15, -0.1) is 0 Å². The lowest BCUT2D eigenvalue weighted by Crippen LogP contribution is -2.29. The molecule has 12 heavy (non-hydrogen) atoms. The number of hydrogen-bond acceptors (Lipinski definition) is 2. The maximum Gasteiger partial charge on any atom is 0.302 e. The van der Waals surface area contributed by atoms with Crippen molar-refractivity contribution in [3.63, 3.8) is 0 Å². The molecule has 0 heterocycles. The fraction of sp³-hybridized carbons (Fsp3) is 0.875. The predicted molar refractivity (Wildman–Crippen MR) is 55.2 cm³/mol. The van der Waals surface area contributed by atoms with Crippen LogP contribution in [0.25, 0.3) is 0 Å². The Morgan fingerprint density at radius 3 is 2.42 bits per heavy atom. The van der Waals surface area contributed by atoms with Crippen molar-refractivity contribution in [1.82, 2.24) is 0 Å². The number of hydrogen-bond donors (Lipinski definition) is 0. The minimum Gasteiger partial charge on any atom is -0.466 e. The Bertz CT molecular complexity index is 140. The van der Waals surface area contributed by atoms with Gasteiger partial charge in [-0.05, 0) is 6.42 Å². The van der Waals surface area contributed by atoms with E-state index in [0.29, 0.717) is 6.61 Å². The molecule has 70 valence electrons. The van der Waals surface area contributed by atoms with Gasteiger partial charge in [-0.3, -0.25) is 4.79 Å². The van der Waals surface area contributed by atoms with Crippen LogP contribution in [0, 0.1) is 0 Å². The quantitative estimate of drug-likeness (QED) is 0.387. The van der Waals surface area contributed by atoms with Crippen LogP contribution in [0.15, 0.2) is 0 Å². The summed E-state index contributed by atoms with van der Waals surface area (Å²) in [7, 11) is 0.245. The van der Waals surface area contributed by atoms with Crippen LogP contribution < -0.4 is 0 Å². The first-order valence-electron chi connectivity index (χ1n) is 4.30. The van der Waals surface area contributed by atoms with Crippen molar-refractivity contribution < 1.29 is 9.53 Å². The average Bonchev–Trinajstić information content (AvgIpc) is 1.83. The number of ether oxygens (including phenoxy) is 1. The summed E-state index contributed by atoms with van der Waals surface area (Å²) in [5, 5.41) is 0. The molecule has 2 radical (unpaired) electrons. The highest BCUT2D eigenvalue weighted by Gasteiger charge is 2.12. The van der Waals surface area contributed by atoms with Gasteiger partial charge in [-0.2, -0.15) is 0 Å². The summed E-state index contributed by atoms with van der Waals surface area (Å²) in [5.74, 6) is -0.161. The minimum atomic E-state index is -0.847. The molecule has 0 aromatic carbocycles. The lowest BCUT2D eigenvalue weighted by atomic mass is 10.5. The van der Waals surface area contributed by atoms with Crippen LogP contribution in [0.1, 0.15) is 13.3 Å². The molecule has 0 fully saturated rings. The van der Waals surface area contributed by atoms with E-state index in [0.717, 1.165) is 15.5 Å². The summed E-state index contributed by atoms with van der Waals surface area (Å²) in [4.78, 5) is 10.4. The van der Waals surface area contributed by atoms with Crippen LogP contribution in [-0.2, 0) is 9.53 Å². The van der Waals surface area contributed by atoms with Crippen molar-refractivity contribution in [3.05, 3.63) is 0 Å². The fourth-order valence-electron chi connectivity index (χ4n) is 0.751. The predicted octanol–water partition coefficient (Wildman–Crippen LogP) is 1.90. The Morgan fingerprint density at radius 1 is 1.42 bits per heavy atom. The molecule has 0 aliphatic carbocycles. The van der Waals surface area contributed by atoms with Gasteiger partial charge in [-0.1, -0.05) is 25.7 Å². The van der Waals surface area contributed by atoms with Crippen molar-refractivity contribution in [2.75, 3.05) is 6.61 Å². The maximum atomic E-state index is 10.4. The summed E-state index contributed by atoms with van der Waals surface area (Å²) >= 11 is 0. The van der Waals surface area contributed by atoms with Crippen LogP contribution in [0.4, 0.5) is 0 Å². The van der Waals surface area contributed by atoms with Gasteiger partial charge in [0.25, 0.3) is 0 Å². The zero-order valence-corrected chi connectivity index (χ0v) is 10.4. The number of rotatable bonds is 5. The Morgan fingerprint density at radius 2 is 2.00 bits per heavy atom. The largest absolute Gasteiger partial charge is 0.466 e. The molecule has 2 nitrogen and oxygen atoms in total. The molecule has 0 atom stereocenters. The Kier molecular flexibility index (Phi) is 5.49. The summed E-state index contributed by atoms with van der Waals surface area (Å²) in [6.07, 6.45) is 1.03. The van der Waals surface area contributed by atoms with E-state index in [1.165, 1.54) is 13.0 Å². The third-order valence-corrected chi connectivity index (χ3v) is 6.88. The second-order valence-corrected chi connectivity index (χ2v) is 14.8. The smallest absolute Gasteiger partial charge is 0.302 e. The Balaban J connectivity index is 3.17. The molecule has 0 spiro atoms. The van der Waals surface area contributed by atoms with E-state index in [4.69, 9.17) is 4.74 Å². The van der Waals surface area contributed by atoms with Crippen LogP contribution >= 0.6 is 0 Å². The van der Waals surface area contributed by atoms with Gasteiger partial charge in [0.2, 0.25) is 0 Å². The highest BCUT2D eigenvalue weighted by molar-refractivity contribution is 7.23. The molecular weight excluding hydrogens is 184 g/mol. The molecule has 0 aliphatic heterocycles. The van der Waals surface area contributed by atoms with E-state index in [1.807, 2.05) is 0 Å². The molecule has 0 saturated carbocycles. The van der Waals surface area contributed by atoms with Crippen molar-refractivity contribution >= 4 is 22.6 Å². The van der Waals surface area contributed by atoms with E-state index in [1.54, 1.807) is 0 Å². The zero-order chi connectivity index (χ0) is 9.61. The van der Waals surface area contributed by atoms with Gasteiger partial charge in [0.15, 0.2) is 0 Å². The number of carbonyl (C=O) groups is 1. The molecule has 0 aromatic rings. The molecule has 0 amide bonds. The normalized spacial score (nSPS) is 11.3. The molecule has 0 saturated heterocycles. The molecule has 0 bridgehead atoms. The SMILES string of the molecule is CC(=O)OCCC[Si][Si](C)(C)C. The van der Waals surface area contributed by atoms with Gasteiger partial charge < -0.3 is 4.74 Å². The Labute approximate surface area is 78.3 Å². The van der Waals surface area contributed by atoms with E-state index in [-0.39, 0.29) is 5.97 Å². The van der Waals surface area contributed by atoms with Crippen molar-refractivity contribution in [2.24, 2.45) is 0 Å². The van der Waals surface area contributed by atoms with E-state index < -0.39 is 7.59 Å². The molecule has 0 aromatic heterocycles. The molecule has 0 unspecified atom stereocenters. The molecular formula is C8H18O2Si2. The van der Waals surface area contributed by atoms with Crippen molar-refractivity contribution in [2.45, 2.75) is 39.0 Å². The van der Waals surface area contributed by atoms with Crippen LogP contribution in [-0.4, -0.2) is 29.2 Å². The van der Waals surface area contributed by atoms with Gasteiger partial charge in [0.1, 0.15) is 0 Å². The monoisotopic (exact) mass is 202 g/mol. The fourth-order valence-corrected chi connectivity index (χ4v) is 4.60. The zero-order valence-electron chi connectivity index (χ0n) is 8.44. The van der Waals surface area contributed by atoms with Crippen LogP contribution in [0.5, 0.6) is 0 Å². The van der Waals surface area contributed by atoms with Crippen LogP contribution in [0.3, 0.4) is 0 Å². The first-order chi connectivity index (χ1) is 5.42. The summed E-state index contributed by atoms with van der Waals surface area (Å²) < 4.78 is 4.84. The first-order valence-corrected chi connectivity index (χ1v) is 10.0. The van der Waals surface area contributed by atoms with Crippen molar-refractivity contribution in [1.29, 1.82) is 0 Å². The van der Waals surface area contributed by atoms with Crippen molar-refractivity contribution in [3.8, 4) is 0 Å². The van der Waals surface area contributed by atoms with E-state index >= 15 is 0 Å². The second kappa shape index (κ2) is 5.53.